The van der Waals surface area contributed by atoms with E-state index in [0.717, 1.165) is 11.0 Å². The number of hydrogen-bond acceptors (Lipinski definition) is 1. The minimum absolute atomic E-state index is 0.154. The fraction of sp³-hybridized carbons (Fsp3) is 0.100. The first-order chi connectivity index (χ1) is 6.33. The summed E-state index contributed by atoms with van der Waals surface area (Å²) in [5, 5.41) is 0. The lowest BCUT2D eigenvalue weighted by Gasteiger charge is -1.94. The second-order valence-electron chi connectivity index (χ2n) is 2.74. The van der Waals surface area contributed by atoms with Crippen molar-refractivity contribution in [1.29, 1.82) is 0 Å². The van der Waals surface area contributed by atoms with Gasteiger partial charge in [-0.1, -0.05) is 18.1 Å². The average Bonchev–Trinajstić information content (AvgIpc) is 2.44. The van der Waals surface area contributed by atoms with Crippen molar-refractivity contribution in [1.82, 2.24) is 9.55 Å². The molecule has 0 fully saturated rings. The van der Waals surface area contributed by atoms with Crippen LogP contribution in [-0.2, 0) is 6.54 Å². The Kier molecular flexibility index (Phi) is 1.67. The van der Waals surface area contributed by atoms with Crippen LogP contribution in [0.2, 0.25) is 0 Å². The van der Waals surface area contributed by atoms with Crippen LogP contribution in [0, 0.1) is 12.3 Å². The van der Waals surface area contributed by atoms with E-state index in [0.29, 0.717) is 6.54 Å². The van der Waals surface area contributed by atoms with Gasteiger partial charge in [0.2, 0.25) is 0 Å². The lowest BCUT2D eigenvalue weighted by molar-refractivity contribution is 0.826. The van der Waals surface area contributed by atoms with Crippen molar-refractivity contribution in [2.24, 2.45) is 0 Å². The Morgan fingerprint density at radius 3 is 3.00 bits per heavy atom. The van der Waals surface area contributed by atoms with Gasteiger partial charge >= 0.3 is 5.69 Å². The maximum atomic E-state index is 11.3. The molecule has 0 saturated carbocycles. The zero-order chi connectivity index (χ0) is 9.26. The van der Waals surface area contributed by atoms with Crippen LogP contribution in [0.25, 0.3) is 11.0 Å². The molecule has 2 rings (SSSR count). The SMILES string of the molecule is C#CCn1c(=O)[nH]c2ccccc21. The number of imidazole rings is 1. The van der Waals surface area contributed by atoms with Crippen molar-refractivity contribution in [2.45, 2.75) is 6.54 Å². The molecule has 1 N–H and O–H groups in total. The summed E-state index contributed by atoms with van der Waals surface area (Å²) >= 11 is 0. The number of nitrogens with one attached hydrogen (secondary N) is 1. The van der Waals surface area contributed by atoms with Crippen LogP contribution in [0.3, 0.4) is 0 Å². The van der Waals surface area contributed by atoms with Gasteiger partial charge in [0.15, 0.2) is 0 Å². The normalized spacial score (nSPS) is 10.1. The maximum Gasteiger partial charge on any atom is 0.327 e. The van der Waals surface area contributed by atoms with E-state index >= 15 is 0 Å². The number of aromatic amines is 1. The van der Waals surface area contributed by atoms with Gasteiger partial charge in [-0.05, 0) is 12.1 Å². The number of fused-ring (bicyclic) bond motifs is 1. The Morgan fingerprint density at radius 1 is 1.46 bits per heavy atom. The third kappa shape index (κ3) is 1.13. The zero-order valence-electron chi connectivity index (χ0n) is 6.95. The van der Waals surface area contributed by atoms with E-state index in [9.17, 15) is 4.79 Å². The number of hydrogen-bond donors (Lipinski definition) is 1. The lowest BCUT2D eigenvalue weighted by Crippen LogP contribution is -2.15. The van der Waals surface area contributed by atoms with Crippen LogP contribution in [0.5, 0.6) is 0 Å². The molecule has 0 unspecified atom stereocenters. The Bertz CT molecular complexity index is 528. The fourth-order valence-corrected chi connectivity index (χ4v) is 1.36. The predicted octanol–water partition coefficient (Wildman–Crippen LogP) is 0.963. The molecule has 0 amide bonds. The number of para-hydroxylation sites is 2. The summed E-state index contributed by atoms with van der Waals surface area (Å²) in [6.07, 6.45) is 5.16. The average molecular weight is 172 g/mol. The van der Waals surface area contributed by atoms with Gasteiger partial charge in [-0.2, -0.15) is 0 Å². The summed E-state index contributed by atoms with van der Waals surface area (Å²) in [6.45, 7) is 0.308. The minimum atomic E-state index is -0.154. The second-order valence-corrected chi connectivity index (χ2v) is 2.74. The van der Waals surface area contributed by atoms with Gasteiger partial charge in [0.25, 0.3) is 0 Å². The lowest BCUT2D eigenvalue weighted by atomic mass is 10.3. The zero-order valence-corrected chi connectivity index (χ0v) is 6.95. The maximum absolute atomic E-state index is 11.3. The number of terminal acetylenes is 1. The molecule has 0 spiro atoms. The molecule has 0 bridgehead atoms. The quantitative estimate of drug-likeness (QED) is 0.639. The summed E-state index contributed by atoms with van der Waals surface area (Å²) in [5.74, 6) is 2.45. The molecule has 3 heteroatoms. The van der Waals surface area contributed by atoms with Gasteiger partial charge in [-0.3, -0.25) is 4.57 Å². The molecule has 13 heavy (non-hydrogen) atoms. The van der Waals surface area contributed by atoms with Crippen molar-refractivity contribution in [3.63, 3.8) is 0 Å². The predicted molar refractivity (Wildman–Crippen MR) is 51.4 cm³/mol. The molecule has 0 aliphatic carbocycles. The molecule has 2 aromatic rings. The van der Waals surface area contributed by atoms with Gasteiger partial charge in [0, 0.05) is 0 Å². The van der Waals surface area contributed by atoms with E-state index in [1.165, 1.54) is 4.57 Å². The van der Waals surface area contributed by atoms with Crippen LogP contribution in [0.4, 0.5) is 0 Å². The molecule has 1 heterocycles. The van der Waals surface area contributed by atoms with Crippen molar-refractivity contribution in [2.75, 3.05) is 0 Å². The van der Waals surface area contributed by atoms with Gasteiger partial charge in [0.05, 0.1) is 17.6 Å². The van der Waals surface area contributed by atoms with Gasteiger partial charge < -0.3 is 4.98 Å². The van der Waals surface area contributed by atoms with Gasteiger partial charge in [0.1, 0.15) is 0 Å². The molecule has 0 aliphatic rings. The van der Waals surface area contributed by atoms with E-state index < -0.39 is 0 Å². The first-order valence-electron chi connectivity index (χ1n) is 3.94. The third-order valence-corrected chi connectivity index (χ3v) is 1.93. The Hall–Kier alpha value is -1.95. The highest BCUT2D eigenvalue weighted by molar-refractivity contribution is 5.74. The van der Waals surface area contributed by atoms with Crippen molar-refractivity contribution in [3.05, 3.63) is 34.7 Å². The summed E-state index contributed by atoms with van der Waals surface area (Å²) in [6, 6.07) is 7.47. The molecular weight excluding hydrogens is 164 g/mol. The first-order valence-corrected chi connectivity index (χ1v) is 3.94. The topological polar surface area (TPSA) is 37.8 Å². The Morgan fingerprint density at radius 2 is 2.23 bits per heavy atom. The summed E-state index contributed by atoms with van der Waals surface area (Å²) in [5.41, 5.74) is 1.52. The summed E-state index contributed by atoms with van der Waals surface area (Å²) in [4.78, 5) is 14.1. The molecule has 0 radical (unpaired) electrons. The fourth-order valence-electron chi connectivity index (χ4n) is 1.36. The molecule has 0 saturated heterocycles. The molecule has 3 nitrogen and oxygen atoms in total. The highest BCUT2D eigenvalue weighted by Crippen LogP contribution is 2.07. The second kappa shape index (κ2) is 2.83. The minimum Gasteiger partial charge on any atom is -0.306 e. The van der Waals surface area contributed by atoms with E-state index in [4.69, 9.17) is 6.42 Å². The van der Waals surface area contributed by atoms with Crippen LogP contribution < -0.4 is 5.69 Å². The van der Waals surface area contributed by atoms with Gasteiger partial charge in [-0.15, -0.1) is 6.42 Å². The molecule has 1 aromatic carbocycles. The Balaban J connectivity index is 2.80. The standard InChI is InChI=1S/C10H8N2O/c1-2-7-12-9-6-4-3-5-8(9)11-10(12)13/h1,3-6H,7H2,(H,11,13). The number of aromatic nitrogens is 2. The highest BCUT2D eigenvalue weighted by atomic mass is 16.1. The molecule has 0 atom stereocenters. The molecular formula is C10H8N2O. The van der Waals surface area contributed by atoms with Crippen LogP contribution in [0.1, 0.15) is 0 Å². The van der Waals surface area contributed by atoms with E-state index in [2.05, 4.69) is 10.9 Å². The van der Waals surface area contributed by atoms with E-state index in [1.54, 1.807) is 0 Å². The number of rotatable bonds is 1. The van der Waals surface area contributed by atoms with E-state index in [1.807, 2.05) is 24.3 Å². The first kappa shape index (κ1) is 7.69. The highest BCUT2D eigenvalue weighted by Gasteiger charge is 2.02. The number of benzene rings is 1. The largest absolute Gasteiger partial charge is 0.327 e. The molecule has 0 aliphatic heterocycles. The smallest absolute Gasteiger partial charge is 0.306 e. The molecule has 1 aromatic heterocycles. The van der Waals surface area contributed by atoms with Crippen molar-refractivity contribution < 1.29 is 0 Å². The van der Waals surface area contributed by atoms with Crippen LogP contribution in [0.15, 0.2) is 29.1 Å². The van der Waals surface area contributed by atoms with Gasteiger partial charge in [-0.25, -0.2) is 4.79 Å². The van der Waals surface area contributed by atoms with E-state index in [-0.39, 0.29) is 5.69 Å². The third-order valence-electron chi connectivity index (χ3n) is 1.93. The van der Waals surface area contributed by atoms with Crippen LogP contribution in [-0.4, -0.2) is 9.55 Å². The number of nitrogens with zero attached hydrogens (tertiary/aromatic N) is 1. The monoisotopic (exact) mass is 172 g/mol. The summed E-state index contributed by atoms with van der Waals surface area (Å²) < 4.78 is 1.54. The van der Waals surface area contributed by atoms with Crippen LogP contribution >= 0.6 is 0 Å². The number of H-pyrrole nitrogens is 1. The van der Waals surface area contributed by atoms with Crippen molar-refractivity contribution >= 4 is 11.0 Å². The Labute approximate surface area is 75.0 Å². The summed E-state index contributed by atoms with van der Waals surface area (Å²) in [7, 11) is 0. The van der Waals surface area contributed by atoms with Crippen molar-refractivity contribution in [3.8, 4) is 12.3 Å². The molecule has 64 valence electrons.